The average molecular weight is 226 g/mol. The summed E-state index contributed by atoms with van der Waals surface area (Å²) in [5.41, 5.74) is 0.987. The number of carboxylic acid groups (broad SMARTS) is 1. The molecule has 82 valence electrons. The zero-order valence-electron chi connectivity index (χ0n) is 8.77. The highest BCUT2D eigenvalue weighted by atomic mass is 32.2. The van der Waals surface area contributed by atoms with E-state index in [1.54, 1.807) is 11.8 Å². The maximum atomic E-state index is 10.5. The topological polar surface area (TPSA) is 46.5 Å². The van der Waals surface area contributed by atoms with Crippen LogP contribution in [0.5, 0.6) is 0 Å². The number of carbonyl (C=O) groups is 1. The molecule has 0 saturated heterocycles. The Balaban J connectivity index is 2.47. The van der Waals surface area contributed by atoms with Crippen LogP contribution in [0.2, 0.25) is 0 Å². The van der Waals surface area contributed by atoms with Gasteiger partial charge in [0.2, 0.25) is 0 Å². The Morgan fingerprint density at radius 2 is 2.07 bits per heavy atom. The molecule has 0 fully saturated rings. The summed E-state index contributed by atoms with van der Waals surface area (Å²) in [5, 5.41) is 8.61. The third-order valence-corrected chi connectivity index (χ3v) is 2.75. The number of rotatable bonds is 5. The van der Waals surface area contributed by atoms with Gasteiger partial charge in [0.25, 0.3) is 0 Å². The van der Waals surface area contributed by atoms with Gasteiger partial charge in [-0.15, -0.1) is 11.8 Å². The Morgan fingerprint density at radius 1 is 1.47 bits per heavy atom. The van der Waals surface area contributed by atoms with Crippen molar-refractivity contribution in [2.24, 2.45) is 0 Å². The van der Waals surface area contributed by atoms with E-state index in [9.17, 15) is 4.79 Å². The zero-order valence-corrected chi connectivity index (χ0v) is 9.58. The normalized spacial score (nSPS) is 12.4. The first-order chi connectivity index (χ1) is 7.13. The van der Waals surface area contributed by atoms with Crippen LogP contribution >= 0.6 is 11.8 Å². The fourth-order valence-electron chi connectivity index (χ4n) is 1.01. The molecule has 0 amide bonds. The number of aliphatic carboxylic acids is 1. The summed E-state index contributed by atoms with van der Waals surface area (Å²) < 4.78 is 5.16. The van der Waals surface area contributed by atoms with Gasteiger partial charge >= 0.3 is 5.97 Å². The predicted molar refractivity (Wildman–Crippen MR) is 60.1 cm³/mol. The summed E-state index contributed by atoms with van der Waals surface area (Å²) in [6.45, 7) is 1.86. The molecule has 0 saturated carbocycles. The second kappa shape index (κ2) is 5.78. The lowest BCUT2D eigenvalue weighted by atomic mass is 10.2. The Bertz CT molecular complexity index is 321. The van der Waals surface area contributed by atoms with E-state index in [1.807, 2.05) is 30.5 Å². The Kier molecular flexibility index (Phi) is 4.65. The molecule has 1 aromatic carbocycles. The fraction of sp³-hybridized carbons (Fsp3) is 0.364. The molecule has 1 N–H and O–H groups in total. The third-order valence-electron chi connectivity index (χ3n) is 2.01. The lowest BCUT2D eigenvalue weighted by molar-refractivity contribution is -0.149. The maximum Gasteiger partial charge on any atom is 0.332 e. The molecule has 0 aliphatic rings. The monoisotopic (exact) mass is 226 g/mol. The molecular weight excluding hydrogens is 212 g/mol. The summed E-state index contributed by atoms with van der Waals surface area (Å²) in [7, 11) is 0. The lowest BCUT2D eigenvalue weighted by Gasteiger charge is -2.08. The van der Waals surface area contributed by atoms with E-state index in [-0.39, 0.29) is 0 Å². The number of hydrogen-bond acceptors (Lipinski definition) is 3. The summed E-state index contributed by atoms with van der Waals surface area (Å²) >= 11 is 1.67. The van der Waals surface area contributed by atoms with Crippen molar-refractivity contribution in [2.75, 3.05) is 6.26 Å². The van der Waals surface area contributed by atoms with Crippen LogP contribution in [-0.2, 0) is 16.1 Å². The van der Waals surface area contributed by atoms with Gasteiger partial charge in [-0.3, -0.25) is 0 Å². The van der Waals surface area contributed by atoms with Crippen molar-refractivity contribution in [2.45, 2.75) is 24.5 Å². The number of carboxylic acids is 1. The standard InChI is InChI=1S/C11H14O3S/c1-8(11(12)13)14-7-9-3-5-10(15-2)6-4-9/h3-6,8H,7H2,1-2H3,(H,12,13). The molecule has 15 heavy (non-hydrogen) atoms. The van der Waals surface area contributed by atoms with Gasteiger partial charge in [0.1, 0.15) is 0 Å². The van der Waals surface area contributed by atoms with Crippen LogP contribution in [0.1, 0.15) is 12.5 Å². The van der Waals surface area contributed by atoms with Gasteiger partial charge in [0, 0.05) is 4.90 Å². The van der Waals surface area contributed by atoms with Crippen LogP contribution in [0.3, 0.4) is 0 Å². The summed E-state index contributed by atoms with van der Waals surface area (Å²) in [5.74, 6) is -0.935. The van der Waals surface area contributed by atoms with Crippen LogP contribution in [-0.4, -0.2) is 23.4 Å². The second-order valence-electron chi connectivity index (χ2n) is 3.14. The summed E-state index contributed by atoms with van der Waals surface area (Å²) in [6, 6.07) is 7.88. The molecule has 0 spiro atoms. The molecule has 1 rings (SSSR count). The van der Waals surface area contributed by atoms with Gasteiger partial charge < -0.3 is 9.84 Å². The largest absolute Gasteiger partial charge is 0.479 e. The molecule has 0 radical (unpaired) electrons. The molecule has 4 heteroatoms. The van der Waals surface area contributed by atoms with Crippen LogP contribution in [0.4, 0.5) is 0 Å². The van der Waals surface area contributed by atoms with Gasteiger partial charge in [0.05, 0.1) is 6.61 Å². The van der Waals surface area contributed by atoms with Gasteiger partial charge in [-0.05, 0) is 30.9 Å². The lowest BCUT2D eigenvalue weighted by Crippen LogP contribution is -2.19. The van der Waals surface area contributed by atoms with Crippen molar-refractivity contribution in [1.82, 2.24) is 0 Å². The van der Waals surface area contributed by atoms with Crippen molar-refractivity contribution in [3.8, 4) is 0 Å². The van der Waals surface area contributed by atoms with E-state index >= 15 is 0 Å². The second-order valence-corrected chi connectivity index (χ2v) is 4.02. The van der Waals surface area contributed by atoms with Gasteiger partial charge in [-0.2, -0.15) is 0 Å². The highest BCUT2D eigenvalue weighted by Gasteiger charge is 2.10. The van der Waals surface area contributed by atoms with Crippen molar-refractivity contribution >= 4 is 17.7 Å². The summed E-state index contributed by atoms with van der Waals surface area (Å²) in [6.07, 6.45) is 1.25. The molecule has 1 unspecified atom stereocenters. The van der Waals surface area contributed by atoms with Crippen LogP contribution in [0, 0.1) is 0 Å². The van der Waals surface area contributed by atoms with E-state index in [1.165, 1.54) is 11.8 Å². The molecule has 0 aliphatic carbocycles. The number of hydrogen-bond donors (Lipinski definition) is 1. The minimum absolute atomic E-state index is 0.335. The molecule has 0 aliphatic heterocycles. The Hall–Kier alpha value is -1.00. The van der Waals surface area contributed by atoms with Gasteiger partial charge in [0.15, 0.2) is 6.10 Å². The fourth-order valence-corrected chi connectivity index (χ4v) is 1.42. The van der Waals surface area contributed by atoms with Crippen molar-refractivity contribution in [3.63, 3.8) is 0 Å². The smallest absolute Gasteiger partial charge is 0.332 e. The molecule has 0 bridgehead atoms. The molecular formula is C11H14O3S. The van der Waals surface area contributed by atoms with Gasteiger partial charge in [-0.1, -0.05) is 12.1 Å². The summed E-state index contributed by atoms with van der Waals surface area (Å²) in [4.78, 5) is 11.7. The minimum atomic E-state index is -0.935. The molecule has 0 heterocycles. The highest BCUT2D eigenvalue weighted by molar-refractivity contribution is 7.98. The van der Waals surface area contributed by atoms with E-state index in [0.29, 0.717) is 6.61 Å². The average Bonchev–Trinajstić information content (AvgIpc) is 2.26. The zero-order chi connectivity index (χ0) is 11.3. The first-order valence-corrected chi connectivity index (χ1v) is 5.83. The molecule has 0 aromatic heterocycles. The van der Waals surface area contributed by atoms with Crippen LogP contribution < -0.4 is 0 Å². The van der Waals surface area contributed by atoms with E-state index < -0.39 is 12.1 Å². The molecule has 3 nitrogen and oxygen atoms in total. The van der Waals surface area contributed by atoms with Crippen molar-refractivity contribution < 1.29 is 14.6 Å². The first kappa shape index (κ1) is 12.1. The first-order valence-electron chi connectivity index (χ1n) is 4.61. The predicted octanol–water partition coefficient (Wildman–Crippen LogP) is 2.40. The minimum Gasteiger partial charge on any atom is -0.479 e. The van der Waals surface area contributed by atoms with E-state index in [0.717, 1.165) is 5.56 Å². The van der Waals surface area contributed by atoms with E-state index in [4.69, 9.17) is 9.84 Å². The molecule has 1 aromatic rings. The number of ether oxygens (including phenoxy) is 1. The Morgan fingerprint density at radius 3 is 2.53 bits per heavy atom. The van der Waals surface area contributed by atoms with Crippen LogP contribution in [0.25, 0.3) is 0 Å². The number of thioether (sulfide) groups is 1. The third kappa shape index (κ3) is 3.93. The molecule has 1 atom stereocenters. The van der Waals surface area contributed by atoms with Gasteiger partial charge in [-0.25, -0.2) is 4.79 Å². The highest BCUT2D eigenvalue weighted by Crippen LogP contribution is 2.15. The SMILES string of the molecule is CSc1ccc(COC(C)C(=O)O)cc1. The van der Waals surface area contributed by atoms with Crippen LogP contribution in [0.15, 0.2) is 29.2 Å². The Labute approximate surface area is 93.4 Å². The van der Waals surface area contributed by atoms with Crippen molar-refractivity contribution in [3.05, 3.63) is 29.8 Å². The van der Waals surface area contributed by atoms with E-state index in [2.05, 4.69) is 0 Å². The quantitative estimate of drug-likeness (QED) is 0.783. The van der Waals surface area contributed by atoms with Crippen molar-refractivity contribution in [1.29, 1.82) is 0 Å². The maximum absolute atomic E-state index is 10.5. The number of benzene rings is 1.